The summed E-state index contributed by atoms with van der Waals surface area (Å²) >= 11 is 0. The summed E-state index contributed by atoms with van der Waals surface area (Å²) in [4.78, 5) is 8.41. The lowest BCUT2D eigenvalue weighted by molar-refractivity contribution is 0.333. The molecule has 13 heavy (non-hydrogen) atoms. The first kappa shape index (κ1) is 8.48. The van der Waals surface area contributed by atoms with Crippen LogP contribution in [0.15, 0.2) is 12.4 Å². The Bertz CT molecular complexity index is 281. The van der Waals surface area contributed by atoms with Gasteiger partial charge in [-0.1, -0.05) is 6.42 Å². The smallest absolute Gasteiger partial charge is 0.147 e. The average Bonchev–Trinajstić information content (AvgIpc) is 2.05. The highest BCUT2D eigenvalue weighted by Crippen LogP contribution is 2.26. The van der Waals surface area contributed by atoms with Gasteiger partial charge in [-0.25, -0.2) is 4.98 Å². The van der Waals surface area contributed by atoms with Crippen molar-refractivity contribution in [2.45, 2.75) is 26.2 Å². The van der Waals surface area contributed by atoms with Gasteiger partial charge >= 0.3 is 0 Å². The SMILES string of the molecule is Cc1nccnc1NCC1CCC1. The number of hydrogen-bond donors (Lipinski definition) is 1. The summed E-state index contributed by atoms with van der Waals surface area (Å²) in [6.45, 7) is 3.04. The van der Waals surface area contributed by atoms with E-state index >= 15 is 0 Å². The molecule has 1 heterocycles. The first-order chi connectivity index (χ1) is 6.36. The topological polar surface area (TPSA) is 37.8 Å². The van der Waals surface area contributed by atoms with Crippen molar-refractivity contribution in [1.29, 1.82) is 0 Å². The van der Waals surface area contributed by atoms with Crippen molar-refractivity contribution in [3.8, 4) is 0 Å². The Labute approximate surface area is 78.6 Å². The Morgan fingerprint density at radius 1 is 1.38 bits per heavy atom. The first-order valence-electron chi connectivity index (χ1n) is 4.88. The molecule has 0 atom stereocenters. The fraction of sp³-hybridized carbons (Fsp3) is 0.600. The van der Waals surface area contributed by atoms with Crippen LogP contribution in [0, 0.1) is 12.8 Å². The Morgan fingerprint density at radius 2 is 2.15 bits per heavy atom. The van der Waals surface area contributed by atoms with Gasteiger partial charge < -0.3 is 5.32 Å². The minimum atomic E-state index is 0.862. The lowest BCUT2D eigenvalue weighted by atomic mass is 9.85. The summed E-state index contributed by atoms with van der Waals surface area (Å²) in [6, 6.07) is 0. The molecular weight excluding hydrogens is 162 g/mol. The lowest BCUT2D eigenvalue weighted by Gasteiger charge is -2.25. The van der Waals surface area contributed by atoms with Crippen LogP contribution in [-0.2, 0) is 0 Å². The molecule has 0 aliphatic heterocycles. The number of aromatic nitrogens is 2. The maximum atomic E-state index is 4.24. The van der Waals surface area contributed by atoms with Crippen LogP contribution >= 0.6 is 0 Å². The molecule has 70 valence electrons. The minimum absolute atomic E-state index is 0.862. The van der Waals surface area contributed by atoms with Crippen molar-refractivity contribution >= 4 is 5.82 Å². The van der Waals surface area contributed by atoms with Gasteiger partial charge in [0.25, 0.3) is 0 Å². The van der Waals surface area contributed by atoms with Gasteiger partial charge in [-0.2, -0.15) is 0 Å². The Kier molecular flexibility index (Phi) is 2.43. The summed E-state index contributed by atoms with van der Waals surface area (Å²) in [5.74, 6) is 1.80. The summed E-state index contributed by atoms with van der Waals surface area (Å²) in [5.41, 5.74) is 0.988. The molecule has 0 spiro atoms. The van der Waals surface area contributed by atoms with E-state index in [0.717, 1.165) is 24.0 Å². The zero-order valence-electron chi connectivity index (χ0n) is 7.95. The van der Waals surface area contributed by atoms with E-state index in [2.05, 4.69) is 15.3 Å². The number of anilines is 1. The fourth-order valence-electron chi connectivity index (χ4n) is 1.52. The van der Waals surface area contributed by atoms with Gasteiger partial charge in [0, 0.05) is 18.9 Å². The van der Waals surface area contributed by atoms with E-state index in [1.807, 2.05) is 6.92 Å². The highest BCUT2D eigenvalue weighted by atomic mass is 15.0. The number of nitrogens with zero attached hydrogens (tertiary/aromatic N) is 2. The van der Waals surface area contributed by atoms with Crippen LogP contribution in [0.1, 0.15) is 25.0 Å². The second-order valence-electron chi connectivity index (χ2n) is 3.67. The molecule has 1 fully saturated rings. The predicted molar refractivity (Wildman–Crippen MR) is 52.6 cm³/mol. The van der Waals surface area contributed by atoms with Crippen molar-refractivity contribution in [2.24, 2.45) is 5.92 Å². The third kappa shape index (κ3) is 1.97. The van der Waals surface area contributed by atoms with Crippen LogP contribution in [0.2, 0.25) is 0 Å². The fourth-order valence-corrected chi connectivity index (χ4v) is 1.52. The van der Waals surface area contributed by atoms with Gasteiger partial charge in [-0.15, -0.1) is 0 Å². The molecule has 3 heteroatoms. The lowest BCUT2D eigenvalue weighted by Crippen LogP contribution is -2.21. The summed E-state index contributed by atoms with van der Waals surface area (Å²) < 4.78 is 0. The molecule has 0 aromatic carbocycles. The van der Waals surface area contributed by atoms with Crippen LogP contribution in [0.4, 0.5) is 5.82 Å². The summed E-state index contributed by atoms with van der Waals surface area (Å²) in [6.07, 6.45) is 7.59. The molecule has 1 saturated carbocycles. The molecule has 1 aromatic heterocycles. The maximum absolute atomic E-state index is 4.24. The van der Waals surface area contributed by atoms with E-state index in [1.165, 1.54) is 19.3 Å². The second-order valence-corrected chi connectivity index (χ2v) is 3.67. The van der Waals surface area contributed by atoms with Crippen LogP contribution in [0.3, 0.4) is 0 Å². The molecule has 1 aliphatic rings. The third-order valence-electron chi connectivity index (χ3n) is 2.66. The van der Waals surface area contributed by atoms with Crippen molar-refractivity contribution in [3.05, 3.63) is 18.1 Å². The Hall–Kier alpha value is -1.12. The molecule has 0 amide bonds. The zero-order chi connectivity index (χ0) is 9.10. The molecule has 0 bridgehead atoms. The monoisotopic (exact) mass is 177 g/mol. The zero-order valence-corrected chi connectivity index (χ0v) is 7.95. The van der Waals surface area contributed by atoms with Crippen LogP contribution < -0.4 is 5.32 Å². The van der Waals surface area contributed by atoms with Crippen molar-refractivity contribution in [3.63, 3.8) is 0 Å². The molecule has 1 aromatic rings. The molecule has 3 nitrogen and oxygen atoms in total. The van der Waals surface area contributed by atoms with E-state index in [1.54, 1.807) is 12.4 Å². The van der Waals surface area contributed by atoms with E-state index in [-0.39, 0.29) is 0 Å². The largest absolute Gasteiger partial charge is 0.368 e. The van der Waals surface area contributed by atoms with Gasteiger partial charge in [0.05, 0.1) is 5.69 Å². The molecule has 1 aliphatic carbocycles. The van der Waals surface area contributed by atoms with Crippen LogP contribution in [-0.4, -0.2) is 16.5 Å². The molecule has 0 unspecified atom stereocenters. The molecular formula is C10H15N3. The number of nitrogens with one attached hydrogen (secondary N) is 1. The number of aryl methyl sites for hydroxylation is 1. The van der Waals surface area contributed by atoms with Crippen molar-refractivity contribution in [2.75, 3.05) is 11.9 Å². The van der Waals surface area contributed by atoms with Gasteiger partial charge in [0.2, 0.25) is 0 Å². The van der Waals surface area contributed by atoms with E-state index in [4.69, 9.17) is 0 Å². The number of hydrogen-bond acceptors (Lipinski definition) is 3. The standard InChI is InChI=1S/C10H15N3/c1-8-10(12-6-5-11-8)13-7-9-3-2-4-9/h5-6,9H,2-4,7H2,1H3,(H,12,13). The van der Waals surface area contributed by atoms with Crippen molar-refractivity contribution in [1.82, 2.24) is 9.97 Å². The average molecular weight is 177 g/mol. The van der Waals surface area contributed by atoms with Gasteiger partial charge in [-0.05, 0) is 25.7 Å². The van der Waals surface area contributed by atoms with E-state index in [0.29, 0.717) is 0 Å². The van der Waals surface area contributed by atoms with E-state index < -0.39 is 0 Å². The summed E-state index contributed by atoms with van der Waals surface area (Å²) in [5, 5.41) is 3.34. The minimum Gasteiger partial charge on any atom is -0.368 e. The molecule has 2 rings (SSSR count). The van der Waals surface area contributed by atoms with Crippen molar-refractivity contribution < 1.29 is 0 Å². The highest BCUT2D eigenvalue weighted by molar-refractivity contribution is 5.38. The number of rotatable bonds is 3. The molecule has 1 N–H and O–H groups in total. The highest BCUT2D eigenvalue weighted by Gasteiger charge is 2.17. The molecule has 0 radical (unpaired) electrons. The predicted octanol–water partition coefficient (Wildman–Crippen LogP) is 2.00. The quantitative estimate of drug-likeness (QED) is 0.767. The van der Waals surface area contributed by atoms with Gasteiger partial charge in [-0.3, -0.25) is 4.98 Å². The van der Waals surface area contributed by atoms with Gasteiger partial charge in [0.1, 0.15) is 5.82 Å². The van der Waals surface area contributed by atoms with Crippen LogP contribution in [0.5, 0.6) is 0 Å². The normalized spacial score (nSPS) is 16.7. The third-order valence-corrected chi connectivity index (χ3v) is 2.66. The summed E-state index contributed by atoms with van der Waals surface area (Å²) in [7, 11) is 0. The maximum Gasteiger partial charge on any atom is 0.147 e. The van der Waals surface area contributed by atoms with Crippen LogP contribution in [0.25, 0.3) is 0 Å². The molecule has 0 saturated heterocycles. The van der Waals surface area contributed by atoms with E-state index in [9.17, 15) is 0 Å². The van der Waals surface area contributed by atoms with Gasteiger partial charge in [0.15, 0.2) is 0 Å². The Balaban J connectivity index is 1.89. The Morgan fingerprint density at radius 3 is 2.77 bits per heavy atom. The second kappa shape index (κ2) is 3.73. The first-order valence-corrected chi connectivity index (χ1v) is 4.88.